The van der Waals surface area contributed by atoms with Crippen LogP contribution >= 0.6 is 11.3 Å². The predicted octanol–water partition coefficient (Wildman–Crippen LogP) is 11.3. The summed E-state index contributed by atoms with van der Waals surface area (Å²) in [7, 11) is 0. The molecule has 4 heterocycles. The number of hydrogen-bond donors (Lipinski definition) is 0. The molecule has 0 N–H and O–H groups in total. The average molecular weight is 618 g/mol. The lowest BCUT2D eigenvalue weighted by Crippen LogP contribution is -1.95. The van der Waals surface area contributed by atoms with Crippen LogP contribution in [0.3, 0.4) is 0 Å². The molecule has 0 saturated carbocycles. The third-order valence-electron chi connectivity index (χ3n) is 9.18. The topological polar surface area (TPSA) is 40.0 Å². The van der Waals surface area contributed by atoms with Crippen LogP contribution in [0.2, 0.25) is 0 Å². The van der Waals surface area contributed by atoms with Gasteiger partial charge in [-0.25, -0.2) is 14.8 Å². The van der Waals surface area contributed by atoms with Crippen molar-refractivity contribution in [3.05, 3.63) is 151 Å². The van der Waals surface area contributed by atoms with Crippen LogP contribution < -0.4 is 0 Å². The first-order valence-corrected chi connectivity index (χ1v) is 16.3. The minimum absolute atomic E-state index is 0.645. The average Bonchev–Trinajstić information content (AvgIpc) is 3.78. The number of aromatic nitrogens is 4. The molecule has 0 aliphatic heterocycles. The molecule has 47 heavy (non-hydrogen) atoms. The van der Waals surface area contributed by atoms with Gasteiger partial charge in [0.15, 0.2) is 11.5 Å². The second-order valence-corrected chi connectivity index (χ2v) is 12.9. The van der Waals surface area contributed by atoms with Crippen molar-refractivity contribution in [2.24, 2.45) is 0 Å². The van der Waals surface area contributed by atoms with Crippen molar-refractivity contribution in [3.63, 3.8) is 0 Å². The van der Waals surface area contributed by atoms with Crippen LogP contribution in [0.25, 0.3) is 91.5 Å². The molecule has 0 aliphatic rings. The number of benzene rings is 6. The van der Waals surface area contributed by atoms with Crippen molar-refractivity contribution in [1.29, 1.82) is 0 Å². The van der Waals surface area contributed by atoms with Gasteiger partial charge < -0.3 is 9.13 Å². The summed E-state index contributed by atoms with van der Waals surface area (Å²) >= 11 is 1.72. The third kappa shape index (κ3) is 3.81. The Morgan fingerprint density at radius 3 is 1.87 bits per heavy atom. The molecule has 10 aromatic rings. The maximum absolute atomic E-state index is 7.54. The molecule has 4 aromatic heterocycles. The van der Waals surface area contributed by atoms with Crippen LogP contribution in [0.4, 0.5) is 5.69 Å². The molecule has 0 unspecified atom stereocenters. The molecular formula is C41H23N5S. The first-order valence-electron chi connectivity index (χ1n) is 15.4. The van der Waals surface area contributed by atoms with E-state index in [0.717, 1.165) is 54.3 Å². The minimum atomic E-state index is 0.645. The Morgan fingerprint density at radius 2 is 1.17 bits per heavy atom. The Labute approximate surface area is 273 Å². The zero-order valence-electron chi connectivity index (χ0n) is 24.9. The second kappa shape index (κ2) is 9.85. The van der Waals surface area contributed by atoms with Crippen LogP contribution in [-0.4, -0.2) is 19.1 Å². The molecule has 6 heteroatoms. The molecular weight excluding hydrogens is 595 g/mol. The maximum atomic E-state index is 7.54. The number of hydrogen-bond acceptors (Lipinski definition) is 3. The van der Waals surface area contributed by atoms with E-state index in [1.54, 1.807) is 11.3 Å². The van der Waals surface area contributed by atoms with Gasteiger partial charge in [-0.1, -0.05) is 72.8 Å². The van der Waals surface area contributed by atoms with Gasteiger partial charge in [-0.2, -0.15) is 0 Å². The normalized spacial score (nSPS) is 11.8. The smallest absolute Gasteiger partial charge is 0.188 e. The zero-order valence-corrected chi connectivity index (χ0v) is 25.7. The largest absolute Gasteiger partial charge is 0.309 e. The van der Waals surface area contributed by atoms with Gasteiger partial charge in [-0.05, 0) is 66.0 Å². The van der Waals surface area contributed by atoms with Gasteiger partial charge in [0.05, 0.1) is 38.9 Å². The van der Waals surface area contributed by atoms with Crippen molar-refractivity contribution >= 4 is 80.9 Å². The summed E-state index contributed by atoms with van der Waals surface area (Å²) in [5, 5.41) is 5.80. The van der Waals surface area contributed by atoms with E-state index in [1.807, 2.05) is 18.3 Å². The SMILES string of the molecule is [C-]#[N+]c1ccc2c(c1)c1ccccc1n2-c1ccc2sc3cnc(-c4cccc(-n5c6ccccc6c6ccccc65)c4)nc3c2c1. The molecule has 5 nitrogen and oxygen atoms in total. The molecule has 0 radical (unpaired) electrons. The van der Waals surface area contributed by atoms with Gasteiger partial charge in [0.2, 0.25) is 0 Å². The van der Waals surface area contributed by atoms with Crippen LogP contribution in [0.15, 0.2) is 140 Å². The molecule has 6 aromatic carbocycles. The van der Waals surface area contributed by atoms with E-state index in [1.165, 1.54) is 26.5 Å². The molecule has 0 fully saturated rings. The van der Waals surface area contributed by atoms with Crippen molar-refractivity contribution in [2.75, 3.05) is 0 Å². The molecule has 0 saturated heterocycles. The summed E-state index contributed by atoms with van der Waals surface area (Å²) in [5.41, 5.74) is 9.25. The summed E-state index contributed by atoms with van der Waals surface area (Å²) in [6.07, 6.45) is 1.96. The highest BCUT2D eigenvalue weighted by atomic mass is 32.1. The number of para-hydroxylation sites is 3. The first-order chi connectivity index (χ1) is 23.2. The van der Waals surface area contributed by atoms with E-state index in [9.17, 15) is 0 Å². The summed E-state index contributed by atoms with van der Waals surface area (Å²) < 4.78 is 6.85. The quantitative estimate of drug-likeness (QED) is 0.185. The molecule has 0 bridgehead atoms. The molecule has 0 spiro atoms. The summed E-state index contributed by atoms with van der Waals surface area (Å²) in [5.74, 6) is 0.703. The zero-order chi connectivity index (χ0) is 31.1. The fourth-order valence-corrected chi connectivity index (χ4v) is 8.12. The summed E-state index contributed by atoms with van der Waals surface area (Å²) in [6, 6.07) is 46.6. The van der Waals surface area contributed by atoms with Crippen LogP contribution in [-0.2, 0) is 0 Å². The maximum Gasteiger partial charge on any atom is 0.188 e. The van der Waals surface area contributed by atoms with Gasteiger partial charge >= 0.3 is 0 Å². The standard InChI is InChI=1S/C41H23N5S/c1-42-26-17-19-37-32(22-26)31-13-4-7-16-36(31)46(37)28-18-20-38-33(23-28)40-39(47-38)24-43-41(44-40)25-9-8-10-27(21-25)45-34-14-5-2-11-29(34)30-12-3-6-15-35(30)45/h2-24H. The Hall–Kier alpha value is -6.29. The molecule has 218 valence electrons. The molecule has 10 rings (SSSR count). The van der Waals surface area contributed by atoms with Crippen LogP contribution in [0.5, 0.6) is 0 Å². The van der Waals surface area contributed by atoms with Crippen LogP contribution in [0.1, 0.15) is 0 Å². The monoisotopic (exact) mass is 617 g/mol. The van der Waals surface area contributed by atoms with E-state index in [0.29, 0.717) is 11.5 Å². The number of nitrogens with zero attached hydrogens (tertiary/aromatic N) is 5. The van der Waals surface area contributed by atoms with Crippen molar-refractivity contribution in [3.8, 4) is 22.8 Å². The Morgan fingerprint density at radius 1 is 0.532 bits per heavy atom. The van der Waals surface area contributed by atoms with Crippen molar-refractivity contribution in [2.45, 2.75) is 0 Å². The molecule has 0 amide bonds. The summed E-state index contributed by atoms with van der Waals surface area (Å²) in [6.45, 7) is 7.54. The predicted molar refractivity (Wildman–Crippen MR) is 195 cm³/mol. The van der Waals surface area contributed by atoms with E-state index >= 15 is 0 Å². The lowest BCUT2D eigenvalue weighted by atomic mass is 10.1. The lowest BCUT2D eigenvalue weighted by molar-refractivity contribution is 1.17. The van der Waals surface area contributed by atoms with Gasteiger partial charge in [-0.15, -0.1) is 11.3 Å². The van der Waals surface area contributed by atoms with Gasteiger partial charge in [-0.3, -0.25) is 0 Å². The number of fused-ring (bicyclic) bond motifs is 9. The number of thiophene rings is 1. The molecule has 0 aliphatic carbocycles. The number of rotatable bonds is 3. The third-order valence-corrected chi connectivity index (χ3v) is 10.3. The second-order valence-electron chi connectivity index (χ2n) is 11.8. The highest BCUT2D eigenvalue weighted by Gasteiger charge is 2.17. The van der Waals surface area contributed by atoms with Crippen molar-refractivity contribution < 1.29 is 0 Å². The Kier molecular flexibility index (Phi) is 5.45. The van der Waals surface area contributed by atoms with E-state index in [2.05, 4.69) is 135 Å². The fourth-order valence-electron chi connectivity index (χ4n) is 7.12. The molecule has 0 atom stereocenters. The lowest BCUT2D eigenvalue weighted by Gasteiger charge is -2.10. The van der Waals surface area contributed by atoms with E-state index in [-0.39, 0.29) is 0 Å². The highest BCUT2D eigenvalue weighted by molar-refractivity contribution is 7.25. The summed E-state index contributed by atoms with van der Waals surface area (Å²) in [4.78, 5) is 13.7. The van der Waals surface area contributed by atoms with E-state index in [4.69, 9.17) is 16.5 Å². The van der Waals surface area contributed by atoms with Crippen LogP contribution in [0, 0.1) is 6.57 Å². The minimum Gasteiger partial charge on any atom is -0.309 e. The van der Waals surface area contributed by atoms with Gasteiger partial charge in [0.25, 0.3) is 0 Å². The first kappa shape index (κ1) is 26.0. The van der Waals surface area contributed by atoms with Crippen molar-refractivity contribution in [1.82, 2.24) is 19.1 Å². The van der Waals surface area contributed by atoms with Gasteiger partial charge in [0, 0.05) is 49.4 Å². The van der Waals surface area contributed by atoms with E-state index < -0.39 is 0 Å². The fraction of sp³-hybridized carbons (Fsp3) is 0. The van der Waals surface area contributed by atoms with Gasteiger partial charge in [0.1, 0.15) is 0 Å². The Bertz CT molecular complexity index is 2880. The highest BCUT2D eigenvalue weighted by Crippen LogP contribution is 2.39. The Balaban J connectivity index is 1.14.